The predicted octanol–water partition coefficient (Wildman–Crippen LogP) is 2.11. The molecule has 0 radical (unpaired) electrons. The average molecular weight is 319 g/mol. The quantitative estimate of drug-likeness (QED) is 0.645. The Morgan fingerprint density at radius 1 is 1.23 bits per heavy atom. The molecule has 0 unspecified atom stereocenters. The standard InChI is InChI=1S/C14H13F4NO3/c15-9-5-10(16)12(18)13(11(9)17)22-6-8(20)2-1-7-3-4-19-14(7)21/h5,7H,1-4,6H2,(H,19,21)/t7-/m0/s1. The lowest BCUT2D eigenvalue weighted by Gasteiger charge is -2.10. The van der Waals surface area contributed by atoms with Gasteiger partial charge in [-0.25, -0.2) is 8.78 Å². The molecule has 0 spiro atoms. The van der Waals surface area contributed by atoms with Crippen molar-refractivity contribution < 1.29 is 31.9 Å². The summed E-state index contributed by atoms with van der Waals surface area (Å²) in [5.41, 5.74) is 0. The first kappa shape index (κ1) is 16.3. The molecule has 1 aliphatic rings. The van der Waals surface area contributed by atoms with E-state index in [2.05, 4.69) is 10.1 Å². The van der Waals surface area contributed by atoms with Gasteiger partial charge in [-0.3, -0.25) is 9.59 Å². The zero-order valence-electron chi connectivity index (χ0n) is 11.4. The second-order valence-electron chi connectivity index (χ2n) is 4.94. The minimum absolute atomic E-state index is 0.0286. The number of carbonyl (C=O) groups is 2. The molecule has 1 heterocycles. The molecule has 1 aromatic carbocycles. The maximum atomic E-state index is 13.3. The van der Waals surface area contributed by atoms with Gasteiger partial charge >= 0.3 is 0 Å². The molecule has 1 saturated heterocycles. The Balaban J connectivity index is 1.90. The number of hydrogen-bond acceptors (Lipinski definition) is 3. The van der Waals surface area contributed by atoms with E-state index in [4.69, 9.17) is 0 Å². The van der Waals surface area contributed by atoms with Gasteiger partial charge in [0.1, 0.15) is 6.61 Å². The summed E-state index contributed by atoms with van der Waals surface area (Å²) in [6.07, 6.45) is 0.876. The Morgan fingerprint density at radius 2 is 1.86 bits per heavy atom. The van der Waals surface area contributed by atoms with E-state index in [0.29, 0.717) is 13.0 Å². The van der Waals surface area contributed by atoms with E-state index in [1.54, 1.807) is 0 Å². The van der Waals surface area contributed by atoms with Gasteiger partial charge in [0.05, 0.1) is 0 Å². The minimum atomic E-state index is -1.69. The molecule has 0 saturated carbocycles. The second-order valence-corrected chi connectivity index (χ2v) is 4.94. The van der Waals surface area contributed by atoms with E-state index in [1.807, 2.05) is 0 Å². The van der Waals surface area contributed by atoms with Crippen molar-refractivity contribution >= 4 is 11.7 Å². The van der Waals surface area contributed by atoms with Crippen LogP contribution in [-0.2, 0) is 9.59 Å². The number of ether oxygens (including phenoxy) is 1. The molecule has 0 bridgehead atoms. The number of ketones is 1. The highest BCUT2D eigenvalue weighted by atomic mass is 19.2. The van der Waals surface area contributed by atoms with Gasteiger partial charge in [0, 0.05) is 24.9 Å². The minimum Gasteiger partial charge on any atom is -0.480 e. The number of hydrogen-bond donors (Lipinski definition) is 1. The lowest BCUT2D eigenvalue weighted by atomic mass is 10.0. The summed E-state index contributed by atoms with van der Waals surface area (Å²) < 4.78 is 57.1. The first-order valence-corrected chi connectivity index (χ1v) is 6.65. The fourth-order valence-electron chi connectivity index (χ4n) is 2.16. The highest BCUT2D eigenvalue weighted by Crippen LogP contribution is 2.26. The Morgan fingerprint density at radius 3 is 2.41 bits per heavy atom. The van der Waals surface area contributed by atoms with Crippen molar-refractivity contribution in [2.75, 3.05) is 13.2 Å². The summed E-state index contributed by atoms with van der Waals surface area (Å²) >= 11 is 0. The number of amides is 1. The third-order valence-corrected chi connectivity index (χ3v) is 3.38. The fraction of sp³-hybridized carbons (Fsp3) is 0.429. The Bertz CT molecular complexity index is 580. The summed E-state index contributed by atoms with van der Waals surface area (Å²) in [5.74, 6) is -8.80. The lowest BCUT2D eigenvalue weighted by Crippen LogP contribution is -2.20. The third-order valence-electron chi connectivity index (χ3n) is 3.38. The summed E-state index contributed by atoms with van der Waals surface area (Å²) in [7, 11) is 0. The van der Waals surface area contributed by atoms with Crippen LogP contribution in [0.2, 0.25) is 0 Å². The van der Waals surface area contributed by atoms with Crippen molar-refractivity contribution in [3.05, 3.63) is 29.3 Å². The van der Waals surface area contributed by atoms with Gasteiger partial charge < -0.3 is 10.1 Å². The van der Waals surface area contributed by atoms with Gasteiger partial charge in [-0.1, -0.05) is 0 Å². The first-order chi connectivity index (χ1) is 10.4. The number of halogens is 4. The van der Waals surface area contributed by atoms with Gasteiger partial charge in [0.25, 0.3) is 0 Å². The van der Waals surface area contributed by atoms with Gasteiger partial charge in [-0.15, -0.1) is 0 Å². The van der Waals surface area contributed by atoms with Crippen LogP contribution in [0.3, 0.4) is 0 Å². The van der Waals surface area contributed by atoms with E-state index in [-0.39, 0.29) is 30.7 Å². The van der Waals surface area contributed by atoms with Crippen LogP contribution in [0.15, 0.2) is 6.07 Å². The fourth-order valence-corrected chi connectivity index (χ4v) is 2.16. The van der Waals surface area contributed by atoms with Crippen molar-refractivity contribution in [1.29, 1.82) is 0 Å². The third kappa shape index (κ3) is 3.55. The highest BCUT2D eigenvalue weighted by molar-refractivity contribution is 5.83. The molecule has 0 aliphatic carbocycles. The Labute approximate surface area is 123 Å². The predicted molar refractivity (Wildman–Crippen MR) is 67.1 cm³/mol. The van der Waals surface area contributed by atoms with Crippen molar-refractivity contribution in [2.24, 2.45) is 5.92 Å². The van der Waals surface area contributed by atoms with Crippen LogP contribution in [0.25, 0.3) is 0 Å². The molecule has 2 rings (SSSR count). The van der Waals surface area contributed by atoms with Gasteiger partial charge in [0.2, 0.25) is 17.5 Å². The van der Waals surface area contributed by atoms with Crippen molar-refractivity contribution in [3.63, 3.8) is 0 Å². The molecule has 1 fully saturated rings. The first-order valence-electron chi connectivity index (χ1n) is 6.65. The maximum Gasteiger partial charge on any atom is 0.223 e. The van der Waals surface area contributed by atoms with Crippen LogP contribution >= 0.6 is 0 Å². The van der Waals surface area contributed by atoms with Gasteiger partial charge in [0.15, 0.2) is 23.2 Å². The summed E-state index contributed by atoms with van der Waals surface area (Å²) in [6, 6.07) is 0.0536. The zero-order valence-corrected chi connectivity index (χ0v) is 11.4. The monoisotopic (exact) mass is 319 g/mol. The number of rotatable bonds is 6. The van der Waals surface area contributed by atoms with Crippen molar-refractivity contribution in [1.82, 2.24) is 5.32 Å². The van der Waals surface area contributed by atoms with E-state index < -0.39 is 41.4 Å². The van der Waals surface area contributed by atoms with E-state index in [9.17, 15) is 27.2 Å². The second kappa shape index (κ2) is 6.76. The molecule has 1 amide bonds. The molecule has 1 aromatic rings. The SMILES string of the molecule is O=C(CC[C@H]1CCNC1=O)COc1c(F)c(F)cc(F)c1F. The van der Waals surface area contributed by atoms with Crippen LogP contribution in [-0.4, -0.2) is 24.8 Å². The normalized spacial score (nSPS) is 17.5. The molecule has 4 nitrogen and oxygen atoms in total. The van der Waals surface area contributed by atoms with Crippen LogP contribution in [0.4, 0.5) is 17.6 Å². The smallest absolute Gasteiger partial charge is 0.223 e. The summed E-state index contributed by atoms with van der Waals surface area (Å²) in [5, 5.41) is 2.61. The molecule has 1 atom stereocenters. The number of nitrogens with one attached hydrogen (secondary N) is 1. The Kier molecular flexibility index (Phi) is 4.99. The highest BCUT2D eigenvalue weighted by Gasteiger charge is 2.25. The van der Waals surface area contributed by atoms with Gasteiger partial charge in [-0.2, -0.15) is 8.78 Å². The van der Waals surface area contributed by atoms with Crippen LogP contribution in [0.5, 0.6) is 5.75 Å². The topological polar surface area (TPSA) is 55.4 Å². The summed E-state index contributed by atoms with van der Waals surface area (Å²) in [6.45, 7) is -0.182. The van der Waals surface area contributed by atoms with E-state index in [0.717, 1.165) is 0 Å². The zero-order chi connectivity index (χ0) is 16.3. The molecule has 120 valence electrons. The van der Waals surface area contributed by atoms with Crippen LogP contribution in [0, 0.1) is 29.2 Å². The van der Waals surface area contributed by atoms with Crippen molar-refractivity contribution in [2.45, 2.75) is 19.3 Å². The maximum absolute atomic E-state index is 13.3. The molecular formula is C14H13F4NO3. The molecule has 1 aliphatic heterocycles. The van der Waals surface area contributed by atoms with Crippen LogP contribution in [0.1, 0.15) is 19.3 Å². The van der Waals surface area contributed by atoms with Gasteiger partial charge in [-0.05, 0) is 12.8 Å². The number of benzene rings is 1. The molecule has 0 aromatic heterocycles. The lowest BCUT2D eigenvalue weighted by molar-refractivity contribution is -0.123. The number of carbonyl (C=O) groups excluding carboxylic acids is 2. The van der Waals surface area contributed by atoms with Crippen LogP contribution < -0.4 is 10.1 Å². The summed E-state index contributed by atoms with van der Waals surface area (Å²) in [4.78, 5) is 22.9. The molecular weight excluding hydrogens is 306 g/mol. The largest absolute Gasteiger partial charge is 0.480 e. The molecule has 8 heteroatoms. The average Bonchev–Trinajstić information content (AvgIpc) is 2.88. The molecule has 22 heavy (non-hydrogen) atoms. The molecule has 1 N–H and O–H groups in total. The number of Topliss-reactive ketones (excluding diaryl/α,β-unsaturated/α-hetero) is 1. The van der Waals surface area contributed by atoms with E-state index in [1.165, 1.54) is 0 Å². The Hall–Kier alpha value is -2.12. The van der Waals surface area contributed by atoms with Crippen molar-refractivity contribution in [3.8, 4) is 5.75 Å². The van der Waals surface area contributed by atoms with E-state index >= 15 is 0 Å².